The third kappa shape index (κ3) is 1.73. The molecule has 3 heteroatoms. The topological polar surface area (TPSA) is 50.9 Å². The molecule has 0 radical (unpaired) electrons. The highest BCUT2D eigenvalue weighted by atomic mass is 15.1. The molecule has 1 heterocycles. The van der Waals surface area contributed by atoms with Crippen LogP contribution in [-0.2, 0) is 0 Å². The van der Waals surface area contributed by atoms with E-state index in [1.54, 1.807) is 0 Å². The lowest BCUT2D eigenvalue weighted by molar-refractivity contribution is 0.286. The molecule has 1 fully saturated rings. The van der Waals surface area contributed by atoms with Gasteiger partial charge in [0, 0.05) is 12.2 Å². The summed E-state index contributed by atoms with van der Waals surface area (Å²) in [6.45, 7) is 2.70. The first-order chi connectivity index (χ1) is 6.74. The quantitative estimate of drug-likeness (QED) is 0.764. The zero-order valence-electron chi connectivity index (χ0n) is 8.59. The minimum absolute atomic E-state index is 0.126. The maximum atomic E-state index is 5.76. The lowest BCUT2D eigenvalue weighted by atomic mass is 9.77. The number of pyridine rings is 1. The van der Waals surface area contributed by atoms with Crippen molar-refractivity contribution in [2.75, 3.05) is 11.9 Å². The number of aromatic nitrogens is 1. The molecule has 0 saturated heterocycles. The van der Waals surface area contributed by atoms with Crippen molar-refractivity contribution in [3.8, 4) is 0 Å². The number of nitrogens with one attached hydrogen (secondary N) is 1. The summed E-state index contributed by atoms with van der Waals surface area (Å²) in [5.41, 5.74) is 6.93. The molecular weight excluding hydrogens is 174 g/mol. The predicted molar refractivity (Wildman–Crippen MR) is 58.2 cm³/mol. The molecule has 3 nitrogen and oxygen atoms in total. The molecule has 0 aliphatic heterocycles. The highest BCUT2D eigenvalue weighted by molar-refractivity contribution is 5.39. The van der Waals surface area contributed by atoms with E-state index in [2.05, 4.69) is 10.3 Å². The Morgan fingerprint density at radius 1 is 1.50 bits per heavy atom. The Kier molecular flexibility index (Phi) is 2.42. The number of nitrogens with two attached hydrogens (primary N) is 1. The molecule has 14 heavy (non-hydrogen) atoms. The Hall–Kier alpha value is -1.09. The SMILES string of the molecule is Cc1cccc(NC2(CN)CCC2)n1. The molecule has 3 N–H and O–H groups in total. The molecule has 1 saturated carbocycles. The summed E-state index contributed by atoms with van der Waals surface area (Å²) in [6, 6.07) is 6.03. The van der Waals surface area contributed by atoms with E-state index in [1.807, 2.05) is 25.1 Å². The first kappa shape index (κ1) is 9.46. The zero-order valence-corrected chi connectivity index (χ0v) is 8.59. The molecule has 0 unspecified atom stereocenters. The Labute approximate surface area is 84.7 Å². The molecule has 76 valence electrons. The Balaban J connectivity index is 2.09. The molecule has 2 rings (SSSR count). The zero-order chi connectivity index (χ0) is 10.0. The minimum Gasteiger partial charge on any atom is -0.363 e. The number of rotatable bonds is 3. The summed E-state index contributed by atoms with van der Waals surface area (Å²) < 4.78 is 0. The van der Waals surface area contributed by atoms with Crippen molar-refractivity contribution >= 4 is 5.82 Å². The van der Waals surface area contributed by atoms with E-state index in [-0.39, 0.29) is 5.54 Å². The van der Waals surface area contributed by atoms with Crippen molar-refractivity contribution in [3.05, 3.63) is 23.9 Å². The minimum atomic E-state index is 0.126. The van der Waals surface area contributed by atoms with Crippen LogP contribution in [0.15, 0.2) is 18.2 Å². The van der Waals surface area contributed by atoms with Crippen LogP contribution in [0.5, 0.6) is 0 Å². The second-order valence-corrected chi connectivity index (χ2v) is 4.13. The summed E-state index contributed by atoms with van der Waals surface area (Å²) in [5, 5.41) is 3.45. The smallest absolute Gasteiger partial charge is 0.126 e. The molecule has 0 bridgehead atoms. The number of anilines is 1. The van der Waals surface area contributed by atoms with Gasteiger partial charge in [0.25, 0.3) is 0 Å². The molecule has 1 aromatic rings. The third-order valence-corrected chi connectivity index (χ3v) is 2.98. The fourth-order valence-electron chi connectivity index (χ4n) is 1.87. The van der Waals surface area contributed by atoms with Crippen molar-refractivity contribution in [2.24, 2.45) is 5.73 Å². The first-order valence-corrected chi connectivity index (χ1v) is 5.16. The number of hydrogen-bond donors (Lipinski definition) is 2. The molecule has 0 atom stereocenters. The summed E-state index contributed by atoms with van der Waals surface area (Å²) in [6.07, 6.45) is 3.61. The largest absolute Gasteiger partial charge is 0.363 e. The molecule has 0 aromatic carbocycles. The van der Waals surface area contributed by atoms with E-state index in [1.165, 1.54) is 19.3 Å². The average molecular weight is 191 g/mol. The van der Waals surface area contributed by atoms with Crippen molar-refractivity contribution < 1.29 is 0 Å². The van der Waals surface area contributed by atoms with Gasteiger partial charge in [0.15, 0.2) is 0 Å². The van der Waals surface area contributed by atoms with Gasteiger partial charge in [-0.25, -0.2) is 4.98 Å². The van der Waals surface area contributed by atoms with Crippen LogP contribution in [0, 0.1) is 6.92 Å². The standard InChI is InChI=1S/C11H17N3/c1-9-4-2-5-10(13-9)14-11(8-12)6-3-7-11/h2,4-5H,3,6-8,12H2,1H3,(H,13,14). The predicted octanol–water partition coefficient (Wildman–Crippen LogP) is 1.68. The monoisotopic (exact) mass is 191 g/mol. The van der Waals surface area contributed by atoms with Crippen molar-refractivity contribution in [1.29, 1.82) is 0 Å². The van der Waals surface area contributed by atoms with Gasteiger partial charge < -0.3 is 11.1 Å². The van der Waals surface area contributed by atoms with Crippen molar-refractivity contribution in [1.82, 2.24) is 4.98 Å². The summed E-state index contributed by atoms with van der Waals surface area (Å²) in [4.78, 5) is 4.42. The van der Waals surface area contributed by atoms with E-state index in [0.29, 0.717) is 6.54 Å². The third-order valence-electron chi connectivity index (χ3n) is 2.98. The van der Waals surface area contributed by atoms with Gasteiger partial charge in [-0.2, -0.15) is 0 Å². The summed E-state index contributed by atoms with van der Waals surface area (Å²) in [7, 11) is 0. The average Bonchev–Trinajstić information content (AvgIpc) is 2.11. The number of aryl methyl sites for hydroxylation is 1. The second kappa shape index (κ2) is 3.58. The first-order valence-electron chi connectivity index (χ1n) is 5.16. The van der Waals surface area contributed by atoms with Gasteiger partial charge in [0.05, 0.1) is 5.54 Å². The fourth-order valence-corrected chi connectivity index (χ4v) is 1.87. The van der Waals surface area contributed by atoms with Crippen LogP contribution >= 0.6 is 0 Å². The van der Waals surface area contributed by atoms with Gasteiger partial charge in [0.2, 0.25) is 0 Å². The molecule has 1 aliphatic carbocycles. The van der Waals surface area contributed by atoms with Crippen LogP contribution in [0.4, 0.5) is 5.82 Å². The number of hydrogen-bond acceptors (Lipinski definition) is 3. The van der Waals surface area contributed by atoms with Crippen LogP contribution in [-0.4, -0.2) is 17.1 Å². The Morgan fingerprint density at radius 2 is 2.29 bits per heavy atom. The van der Waals surface area contributed by atoms with Crippen LogP contribution in [0.25, 0.3) is 0 Å². The van der Waals surface area contributed by atoms with Crippen LogP contribution in [0.3, 0.4) is 0 Å². The molecule has 0 spiro atoms. The lowest BCUT2D eigenvalue weighted by Gasteiger charge is -2.42. The van der Waals surface area contributed by atoms with Crippen LogP contribution in [0.2, 0.25) is 0 Å². The fraction of sp³-hybridized carbons (Fsp3) is 0.545. The van der Waals surface area contributed by atoms with Gasteiger partial charge in [-0.1, -0.05) is 6.07 Å². The highest BCUT2D eigenvalue weighted by Gasteiger charge is 2.35. The van der Waals surface area contributed by atoms with Gasteiger partial charge in [0.1, 0.15) is 5.82 Å². The highest BCUT2D eigenvalue weighted by Crippen LogP contribution is 2.33. The van der Waals surface area contributed by atoms with E-state index in [4.69, 9.17) is 5.73 Å². The maximum Gasteiger partial charge on any atom is 0.126 e. The van der Waals surface area contributed by atoms with E-state index in [9.17, 15) is 0 Å². The van der Waals surface area contributed by atoms with Crippen LogP contribution in [0.1, 0.15) is 25.0 Å². The molecule has 1 aliphatic rings. The van der Waals surface area contributed by atoms with Gasteiger partial charge in [-0.15, -0.1) is 0 Å². The lowest BCUT2D eigenvalue weighted by Crippen LogP contribution is -2.51. The van der Waals surface area contributed by atoms with Gasteiger partial charge in [-0.3, -0.25) is 0 Å². The van der Waals surface area contributed by atoms with Gasteiger partial charge in [-0.05, 0) is 38.3 Å². The Bertz CT molecular complexity index is 313. The second-order valence-electron chi connectivity index (χ2n) is 4.13. The molecule has 1 aromatic heterocycles. The van der Waals surface area contributed by atoms with Crippen molar-refractivity contribution in [2.45, 2.75) is 31.7 Å². The van der Waals surface area contributed by atoms with E-state index in [0.717, 1.165) is 11.5 Å². The Morgan fingerprint density at radius 3 is 2.79 bits per heavy atom. The maximum absolute atomic E-state index is 5.76. The van der Waals surface area contributed by atoms with E-state index < -0.39 is 0 Å². The molecular formula is C11H17N3. The summed E-state index contributed by atoms with van der Waals surface area (Å²) in [5.74, 6) is 0.954. The summed E-state index contributed by atoms with van der Waals surface area (Å²) >= 11 is 0. The van der Waals surface area contributed by atoms with E-state index >= 15 is 0 Å². The van der Waals surface area contributed by atoms with Crippen LogP contribution < -0.4 is 11.1 Å². The van der Waals surface area contributed by atoms with Gasteiger partial charge >= 0.3 is 0 Å². The van der Waals surface area contributed by atoms with Crippen molar-refractivity contribution in [3.63, 3.8) is 0 Å². The normalized spacial score (nSPS) is 18.7. The number of nitrogens with zero attached hydrogens (tertiary/aromatic N) is 1. The molecule has 0 amide bonds.